The molecule has 0 bridgehead atoms. The van der Waals surface area contributed by atoms with Crippen LogP contribution < -0.4 is 29.7 Å². The molecule has 1 fully saturated rings. The molecule has 31 heavy (non-hydrogen) atoms. The first-order valence-electron chi connectivity index (χ1n) is 10.1. The number of nitrogens with zero attached hydrogens (tertiary/aromatic N) is 1. The van der Waals surface area contributed by atoms with E-state index in [1.165, 1.54) is 0 Å². The van der Waals surface area contributed by atoms with Crippen LogP contribution in [0.5, 0.6) is 17.2 Å². The summed E-state index contributed by atoms with van der Waals surface area (Å²) in [5.41, 5.74) is 1.70. The molecule has 2 aromatic rings. The van der Waals surface area contributed by atoms with Gasteiger partial charge in [-0.3, -0.25) is 14.4 Å². The van der Waals surface area contributed by atoms with Crippen LogP contribution in [0.25, 0.3) is 0 Å². The molecule has 3 amide bonds. The van der Waals surface area contributed by atoms with Crippen LogP contribution in [-0.4, -0.2) is 43.6 Å². The Kier molecular flexibility index (Phi) is 4.65. The molecule has 0 aromatic heterocycles. The highest BCUT2D eigenvalue weighted by Crippen LogP contribution is 2.36. The Morgan fingerprint density at radius 2 is 1.84 bits per heavy atom. The number of amides is 3. The van der Waals surface area contributed by atoms with Crippen LogP contribution in [0.1, 0.15) is 13.3 Å². The maximum Gasteiger partial charge on any atom is 0.265 e. The first-order chi connectivity index (χ1) is 15.0. The minimum atomic E-state index is -0.566. The van der Waals surface area contributed by atoms with Gasteiger partial charge in [0.2, 0.25) is 11.8 Å². The fourth-order valence-electron chi connectivity index (χ4n) is 3.86. The average Bonchev–Trinajstić information content (AvgIpc) is 3.16. The summed E-state index contributed by atoms with van der Waals surface area (Å²) in [7, 11) is 0. The molecule has 3 aliphatic heterocycles. The fraction of sp³-hybridized carbons (Fsp3) is 0.318. The minimum absolute atomic E-state index is 0.114. The summed E-state index contributed by atoms with van der Waals surface area (Å²) in [5, 5.41) is 5.59. The molecular formula is C22H21N3O6. The van der Waals surface area contributed by atoms with Crippen LogP contribution in [0.15, 0.2) is 36.4 Å². The highest BCUT2D eigenvalue weighted by Gasteiger charge is 2.36. The van der Waals surface area contributed by atoms with Crippen LogP contribution in [0.3, 0.4) is 0 Å². The predicted molar refractivity (Wildman–Crippen MR) is 112 cm³/mol. The Labute approximate surface area is 178 Å². The number of hydrogen-bond acceptors (Lipinski definition) is 6. The molecule has 9 nitrogen and oxygen atoms in total. The zero-order chi connectivity index (χ0) is 21.5. The van der Waals surface area contributed by atoms with E-state index in [2.05, 4.69) is 10.6 Å². The number of benzene rings is 2. The van der Waals surface area contributed by atoms with E-state index in [1.54, 1.807) is 48.2 Å². The largest absolute Gasteiger partial charge is 0.486 e. The molecule has 0 saturated carbocycles. The minimum Gasteiger partial charge on any atom is -0.486 e. The lowest BCUT2D eigenvalue weighted by molar-refractivity contribution is -0.122. The summed E-state index contributed by atoms with van der Waals surface area (Å²) in [5.74, 6) is 0.661. The van der Waals surface area contributed by atoms with Crippen molar-refractivity contribution in [3.8, 4) is 17.2 Å². The van der Waals surface area contributed by atoms with Gasteiger partial charge in [0.25, 0.3) is 5.91 Å². The standard InChI is InChI=1S/C22H21N3O6/c1-12-21(27)24-16-9-14(2-4-17(16)31-12)23-22(28)13-8-20(26)25(11-13)15-3-5-18-19(10-15)30-7-6-29-18/h2-5,9-10,12-13H,6-8,11H2,1H3,(H,23,28)(H,24,27)/t12-,13+/m1/s1. The molecule has 1 saturated heterocycles. The van der Waals surface area contributed by atoms with Gasteiger partial charge in [-0.25, -0.2) is 0 Å². The Balaban J connectivity index is 1.28. The smallest absolute Gasteiger partial charge is 0.265 e. The molecule has 0 aliphatic carbocycles. The van der Waals surface area contributed by atoms with Gasteiger partial charge in [-0.05, 0) is 37.3 Å². The Hall–Kier alpha value is -3.75. The van der Waals surface area contributed by atoms with Gasteiger partial charge in [-0.15, -0.1) is 0 Å². The third kappa shape index (κ3) is 3.63. The number of ether oxygens (including phenoxy) is 3. The molecule has 3 aliphatic rings. The van der Waals surface area contributed by atoms with Crippen molar-refractivity contribution in [1.82, 2.24) is 0 Å². The highest BCUT2D eigenvalue weighted by molar-refractivity contribution is 6.04. The third-order valence-corrected chi connectivity index (χ3v) is 5.51. The fourth-order valence-corrected chi connectivity index (χ4v) is 3.86. The highest BCUT2D eigenvalue weighted by atomic mass is 16.6. The number of carbonyl (C=O) groups excluding carboxylic acids is 3. The lowest BCUT2D eigenvalue weighted by Gasteiger charge is -2.24. The molecule has 2 aromatic carbocycles. The molecule has 0 spiro atoms. The first-order valence-corrected chi connectivity index (χ1v) is 10.1. The van der Waals surface area contributed by atoms with E-state index in [1.807, 2.05) is 0 Å². The van der Waals surface area contributed by atoms with E-state index >= 15 is 0 Å². The van der Waals surface area contributed by atoms with Crippen molar-refractivity contribution in [2.45, 2.75) is 19.4 Å². The zero-order valence-electron chi connectivity index (χ0n) is 16.8. The summed E-state index contributed by atoms with van der Waals surface area (Å²) in [6.07, 6.45) is -0.452. The van der Waals surface area contributed by atoms with Crippen molar-refractivity contribution < 1.29 is 28.6 Å². The molecule has 2 N–H and O–H groups in total. The molecule has 9 heteroatoms. The summed E-state index contributed by atoms with van der Waals surface area (Å²) >= 11 is 0. The van der Waals surface area contributed by atoms with Gasteiger partial charge < -0.3 is 29.7 Å². The van der Waals surface area contributed by atoms with Gasteiger partial charge >= 0.3 is 0 Å². The van der Waals surface area contributed by atoms with Crippen molar-refractivity contribution in [1.29, 1.82) is 0 Å². The Bertz CT molecular complexity index is 1080. The number of anilines is 3. The molecule has 0 radical (unpaired) electrons. The summed E-state index contributed by atoms with van der Waals surface area (Å²) in [4.78, 5) is 38.8. The van der Waals surface area contributed by atoms with E-state index in [0.717, 1.165) is 0 Å². The quantitative estimate of drug-likeness (QED) is 0.784. The number of hydrogen-bond donors (Lipinski definition) is 2. The number of rotatable bonds is 3. The topological polar surface area (TPSA) is 106 Å². The van der Waals surface area contributed by atoms with E-state index < -0.39 is 12.0 Å². The summed E-state index contributed by atoms with van der Waals surface area (Å²) < 4.78 is 16.6. The number of fused-ring (bicyclic) bond motifs is 2. The van der Waals surface area contributed by atoms with Crippen molar-refractivity contribution in [2.75, 3.05) is 35.3 Å². The van der Waals surface area contributed by atoms with Crippen molar-refractivity contribution in [3.05, 3.63) is 36.4 Å². The Morgan fingerprint density at radius 3 is 2.68 bits per heavy atom. The first kappa shape index (κ1) is 19.2. The summed E-state index contributed by atoms with van der Waals surface area (Å²) in [6.45, 7) is 2.89. The second kappa shape index (κ2) is 7.50. The second-order valence-electron chi connectivity index (χ2n) is 7.68. The van der Waals surface area contributed by atoms with Crippen LogP contribution in [0, 0.1) is 5.92 Å². The van der Waals surface area contributed by atoms with Crippen LogP contribution >= 0.6 is 0 Å². The van der Waals surface area contributed by atoms with Gasteiger partial charge in [-0.1, -0.05) is 0 Å². The van der Waals surface area contributed by atoms with E-state index in [9.17, 15) is 14.4 Å². The monoisotopic (exact) mass is 423 g/mol. The lowest BCUT2D eigenvalue weighted by Crippen LogP contribution is -2.34. The van der Waals surface area contributed by atoms with E-state index in [0.29, 0.717) is 47.5 Å². The number of nitrogens with one attached hydrogen (secondary N) is 2. The van der Waals surface area contributed by atoms with Crippen LogP contribution in [-0.2, 0) is 14.4 Å². The van der Waals surface area contributed by atoms with Gasteiger partial charge in [0.1, 0.15) is 19.0 Å². The van der Waals surface area contributed by atoms with Gasteiger partial charge in [0.05, 0.1) is 11.6 Å². The van der Waals surface area contributed by atoms with E-state index in [4.69, 9.17) is 14.2 Å². The molecule has 2 atom stereocenters. The normalized spacial score (nSPS) is 21.8. The third-order valence-electron chi connectivity index (χ3n) is 5.51. The van der Waals surface area contributed by atoms with Crippen molar-refractivity contribution in [2.24, 2.45) is 5.92 Å². The maximum absolute atomic E-state index is 12.8. The molecular weight excluding hydrogens is 402 g/mol. The van der Waals surface area contributed by atoms with Gasteiger partial charge in [0.15, 0.2) is 17.6 Å². The lowest BCUT2D eigenvalue weighted by atomic mass is 10.1. The molecule has 3 heterocycles. The molecule has 160 valence electrons. The van der Waals surface area contributed by atoms with E-state index in [-0.39, 0.29) is 30.7 Å². The maximum atomic E-state index is 12.8. The zero-order valence-corrected chi connectivity index (χ0v) is 16.8. The van der Waals surface area contributed by atoms with Gasteiger partial charge in [0, 0.05) is 30.4 Å². The van der Waals surface area contributed by atoms with Crippen molar-refractivity contribution in [3.63, 3.8) is 0 Å². The number of carbonyl (C=O) groups is 3. The Morgan fingerprint density at radius 1 is 1.06 bits per heavy atom. The van der Waals surface area contributed by atoms with Crippen molar-refractivity contribution >= 4 is 34.8 Å². The molecule has 0 unspecified atom stereocenters. The average molecular weight is 423 g/mol. The van der Waals surface area contributed by atoms with Gasteiger partial charge in [-0.2, -0.15) is 0 Å². The molecule has 5 rings (SSSR count). The predicted octanol–water partition coefficient (Wildman–Crippen LogP) is 2.17. The summed E-state index contributed by atoms with van der Waals surface area (Å²) in [6, 6.07) is 10.4. The second-order valence-corrected chi connectivity index (χ2v) is 7.68. The van der Waals surface area contributed by atoms with Crippen LogP contribution in [0.4, 0.5) is 17.1 Å². The SMILES string of the molecule is C[C@H]1Oc2ccc(NC(=O)[C@H]3CC(=O)N(c4ccc5c(c4)OCCO5)C3)cc2NC1=O. The van der Waals surface area contributed by atoms with Crippen LogP contribution in [0.2, 0.25) is 0 Å².